The Hall–Kier alpha value is -3.38. The van der Waals surface area contributed by atoms with E-state index in [1.54, 1.807) is 0 Å². The van der Waals surface area contributed by atoms with Gasteiger partial charge in [-0.1, -0.05) is 113 Å². The Balaban J connectivity index is 0.000000457. The minimum absolute atomic E-state index is 1.37. The van der Waals surface area contributed by atoms with E-state index in [9.17, 15) is 0 Å². The molecule has 0 saturated heterocycles. The normalized spacial score (nSPS) is 11.3. The second-order valence-corrected chi connectivity index (χ2v) is 7.30. The molecule has 0 amide bonds. The molecule has 0 heteroatoms. The van der Waals surface area contributed by atoms with Crippen LogP contribution in [0.1, 0.15) is 27.7 Å². The van der Waals surface area contributed by atoms with Crippen LogP contribution in [0.25, 0.3) is 64.6 Å². The molecule has 7 aromatic rings. The van der Waals surface area contributed by atoms with Crippen molar-refractivity contribution in [3.8, 4) is 0 Å². The monoisotopic (exact) mass is 386 g/mol. The van der Waals surface area contributed by atoms with Crippen LogP contribution in [-0.4, -0.2) is 0 Å². The van der Waals surface area contributed by atoms with E-state index < -0.39 is 0 Å². The Kier molecular flexibility index (Phi) is 4.44. The molecular formula is C30H26. The fourth-order valence-electron chi connectivity index (χ4n) is 5.21. The van der Waals surface area contributed by atoms with Crippen LogP contribution in [0.15, 0.2) is 84.9 Å². The van der Waals surface area contributed by atoms with E-state index in [4.69, 9.17) is 0 Å². The Morgan fingerprint density at radius 1 is 0.267 bits per heavy atom. The van der Waals surface area contributed by atoms with Crippen LogP contribution in [0.5, 0.6) is 0 Å². The summed E-state index contributed by atoms with van der Waals surface area (Å²) < 4.78 is 0. The van der Waals surface area contributed by atoms with Gasteiger partial charge in [0.1, 0.15) is 0 Å². The third kappa shape index (κ3) is 2.22. The van der Waals surface area contributed by atoms with Crippen molar-refractivity contribution < 1.29 is 0 Å². The van der Waals surface area contributed by atoms with Crippen LogP contribution in [0, 0.1) is 0 Å². The van der Waals surface area contributed by atoms with Crippen molar-refractivity contribution in [1.82, 2.24) is 0 Å². The smallest absolute Gasteiger partial charge is 0.00137 e. The number of hydrogen-bond acceptors (Lipinski definition) is 0. The van der Waals surface area contributed by atoms with Gasteiger partial charge in [0.25, 0.3) is 0 Å². The van der Waals surface area contributed by atoms with Crippen molar-refractivity contribution in [3.63, 3.8) is 0 Å². The Bertz CT molecular complexity index is 1490. The van der Waals surface area contributed by atoms with Crippen LogP contribution >= 0.6 is 0 Å². The van der Waals surface area contributed by atoms with E-state index in [1.807, 2.05) is 27.7 Å². The first-order valence-electron chi connectivity index (χ1n) is 11.1. The molecule has 0 aliphatic heterocycles. The van der Waals surface area contributed by atoms with Gasteiger partial charge >= 0.3 is 0 Å². The van der Waals surface area contributed by atoms with E-state index in [2.05, 4.69) is 84.9 Å². The summed E-state index contributed by atoms with van der Waals surface area (Å²) in [5, 5.41) is 16.7. The van der Waals surface area contributed by atoms with Gasteiger partial charge < -0.3 is 0 Å². The lowest BCUT2D eigenvalue weighted by Crippen LogP contribution is -1.79. The van der Waals surface area contributed by atoms with E-state index in [-0.39, 0.29) is 0 Å². The maximum Gasteiger partial charge on any atom is -0.00137 e. The molecule has 0 unspecified atom stereocenters. The Morgan fingerprint density at radius 2 is 0.500 bits per heavy atom. The minimum Gasteiger partial charge on any atom is -0.0683 e. The second kappa shape index (κ2) is 7.15. The third-order valence-electron chi connectivity index (χ3n) is 6.14. The molecule has 0 atom stereocenters. The maximum atomic E-state index is 2.31. The topological polar surface area (TPSA) is 0 Å². The van der Waals surface area contributed by atoms with Gasteiger partial charge in [0.2, 0.25) is 0 Å². The predicted octanol–water partition coefficient (Wildman–Crippen LogP) is 9.53. The zero-order valence-electron chi connectivity index (χ0n) is 18.1. The molecule has 0 aromatic heterocycles. The van der Waals surface area contributed by atoms with Crippen molar-refractivity contribution in [2.24, 2.45) is 0 Å². The first-order valence-corrected chi connectivity index (χ1v) is 11.1. The zero-order valence-corrected chi connectivity index (χ0v) is 18.1. The number of hydrogen-bond donors (Lipinski definition) is 0. The van der Waals surface area contributed by atoms with Gasteiger partial charge in [0, 0.05) is 0 Å². The predicted molar refractivity (Wildman–Crippen MR) is 137 cm³/mol. The molecule has 0 fully saturated rings. The lowest BCUT2D eigenvalue weighted by Gasteiger charge is -2.07. The van der Waals surface area contributed by atoms with Gasteiger partial charge in [0.05, 0.1) is 0 Å². The molecule has 0 nitrogen and oxygen atoms in total. The summed E-state index contributed by atoms with van der Waals surface area (Å²) in [6.07, 6.45) is 0. The second-order valence-electron chi connectivity index (χ2n) is 7.30. The quantitative estimate of drug-likeness (QED) is 0.228. The molecule has 0 heterocycles. The first-order chi connectivity index (χ1) is 14.9. The number of fused-ring (bicyclic) bond motifs is 8. The summed E-state index contributed by atoms with van der Waals surface area (Å²) in [5.41, 5.74) is 0. The summed E-state index contributed by atoms with van der Waals surface area (Å²) in [6.45, 7) is 8.00. The largest absolute Gasteiger partial charge is 0.0683 e. The van der Waals surface area contributed by atoms with Crippen molar-refractivity contribution in [2.45, 2.75) is 27.7 Å². The van der Waals surface area contributed by atoms with Crippen LogP contribution in [0.3, 0.4) is 0 Å². The lowest BCUT2D eigenvalue weighted by molar-refractivity contribution is 1.50. The SMILES string of the molecule is CC.CC.c1ccc2c(c1)c1cccc3c4c5ccccc5c5cccc(c2c13)c54. The van der Waals surface area contributed by atoms with Crippen molar-refractivity contribution in [2.75, 3.05) is 0 Å². The molecular weight excluding hydrogens is 360 g/mol. The Labute approximate surface area is 177 Å². The molecule has 30 heavy (non-hydrogen) atoms. The highest BCUT2D eigenvalue weighted by molar-refractivity contribution is 6.47. The van der Waals surface area contributed by atoms with Gasteiger partial charge in [0.15, 0.2) is 0 Å². The number of rotatable bonds is 0. The molecule has 0 aliphatic rings. The lowest BCUT2D eigenvalue weighted by atomic mass is 9.95. The van der Waals surface area contributed by atoms with E-state index >= 15 is 0 Å². The Morgan fingerprint density at radius 3 is 0.833 bits per heavy atom. The molecule has 0 radical (unpaired) electrons. The summed E-state index contributed by atoms with van der Waals surface area (Å²) in [7, 11) is 0. The summed E-state index contributed by atoms with van der Waals surface area (Å²) in [5.74, 6) is 0. The van der Waals surface area contributed by atoms with Gasteiger partial charge in [-0.2, -0.15) is 0 Å². The standard InChI is InChI=1S/C26H14.2C2H6/c1-3-9-17-15(7-1)19-11-5-13-22-24-18-10-4-2-8-16(18)20-12-6-14-21(26(20)24)23(17)25(19)22;2*1-2/h1-14H;2*1-2H3. The highest BCUT2D eigenvalue weighted by Gasteiger charge is 2.20. The van der Waals surface area contributed by atoms with Gasteiger partial charge in [-0.25, -0.2) is 0 Å². The van der Waals surface area contributed by atoms with Crippen LogP contribution in [0.4, 0.5) is 0 Å². The fourth-order valence-corrected chi connectivity index (χ4v) is 5.21. The number of benzene rings is 5. The molecule has 0 N–H and O–H groups in total. The zero-order chi connectivity index (χ0) is 20.8. The van der Waals surface area contributed by atoms with Crippen molar-refractivity contribution in [3.05, 3.63) is 84.9 Å². The minimum atomic E-state index is 1.37. The summed E-state index contributed by atoms with van der Waals surface area (Å²) in [4.78, 5) is 0. The summed E-state index contributed by atoms with van der Waals surface area (Å²) >= 11 is 0. The molecule has 0 aliphatic carbocycles. The highest BCUT2D eigenvalue weighted by atomic mass is 14.2. The third-order valence-corrected chi connectivity index (χ3v) is 6.14. The molecule has 7 rings (SSSR count). The maximum absolute atomic E-state index is 2.31. The fraction of sp³-hybridized carbons (Fsp3) is 0.133. The van der Waals surface area contributed by atoms with Gasteiger partial charge in [-0.05, 0) is 64.6 Å². The van der Waals surface area contributed by atoms with Crippen LogP contribution in [0.2, 0.25) is 0 Å². The molecule has 7 aromatic carbocycles. The molecule has 0 spiro atoms. The average molecular weight is 387 g/mol. The molecule has 0 saturated carbocycles. The van der Waals surface area contributed by atoms with Gasteiger partial charge in [-0.15, -0.1) is 0 Å². The highest BCUT2D eigenvalue weighted by Crippen LogP contribution is 2.49. The average Bonchev–Trinajstić information content (AvgIpc) is 3.36. The molecule has 146 valence electrons. The van der Waals surface area contributed by atoms with Crippen LogP contribution < -0.4 is 0 Å². The van der Waals surface area contributed by atoms with Crippen molar-refractivity contribution in [1.29, 1.82) is 0 Å². The van der Waals surface area contributed by atoms with Crippen molar-refractivity contribution >= 4 is 64.6 Å². The summed E-state index contributed by atoms with van der Waals surface area (Å²) in [6, 6.07) is 31.3. The molecule has 0 bridgehead atoms. The van der Waals surface area contributed by atoms with E-state index in [1.165, 1.54) is 64.6 Å². The first kappa shape index (κ1) is 18.6. The van der Waals surface area contributed by atoms with E-state index in [0.717, 1.165) is 0 Å². The van der Waals surface area contributed by atoms with Gasteiger partial charge in [-0.3, -0.25) is 0 Å². The van der Waals surface area contributed by atoms with E-state index in [0.29, 0.717) is 0 Å². The van der Waals surface area contributed by atoms with Crippen LogP contribution in [-0.2, 0) is 0 Å².